The lowest BCUT2D eigenvalue weighted by atomic mass is 10.1. The van der Waals surface area contributed by atoms with E-state index in [1.54, 1.807) is 11.6 Å². The largest absolute Gasteiger partial charge is 0.296 e. The zero-order valence-electron chi connectivity index (χ0n) is 17.2. The van der Waals surface area contributed by atoms with Crippen LogP contribution < -0.4 is 5.32 Å². The van der Waals surface area contributed by atoms with E-state index in [1.165, 1.54) is 17.4 Å². The number of anilines is 1. The molecule has 9 heteroatoms. The van der Waals surface area contributed by atoms with Crippen molar-refractivity contribution in [3.05, 3.63) is 82.1 Å². The van der Waals surface area contributed by atoms with E-state index in [0.29, 0.717) is 26.5 Å². The maximum absolute atomic E-state index is 12.7. The number of nitrogens with one attached hydrogen (secondary N) is 1. The quantitative estimate of drug-likeness (QED) is 0.326. The Morgan fingerprint density at radius 2 is 1.84 bits per heavy atom. The molecule has 2 aromatic heterocycles. The van der Waals surface area contributed by atoms with Crippen LogP contribution in [-0.2, 0) is 4.79 Å². The first-order valence-corrected chi connectivity index (χ1v) is 10.8. The van der Waals surface area contributed by atoms with Gasteiger partial charge in [-0.25, -0.2) is 4.68 Å². The van der Waals surface area contributed by atoms with E-state index >= 15 is 0 Å². The van der Waals surface area contributed by atoms with Crippen molar-refractivity contribution in [2.45, 2.75) is 13.8 Å². The fourth-order valence-corrected chi connectivity index (χ4v) is 4.22. The highest BCUT2D eigenvalue weighted by molar-refractivity contribution is 7.18. The fourth-order valence-electron chi connectivity index (χ4n) is 3.07. The highest BCUT2D eigenvalue weighted by Gasteiger charge is 2.18. The van der Waals surface area contributed by atoms with Gasteiger partial charge >= 0.3 is 0 Å². The van der Waals surface area contributed by atoms with Crippen molar-refractivity contribution in [3.8, 4) is 22.3 Å². The Morgan fingerprint density at radius 3 is 2.56 bits per heavy atom. The van der Waals surface area contributed by atoms with E-state index in [9.17, 15) is 10.1 Å². The Balaban J connectivity index is 1.59. The SMILES string of the molecule is Cc1ccccc1-c1nnc(NC(=O)/C(C#N)=C\c2c(C)nn(-c3ccccc3)c2Cl)s1. The van der Waals surface area contributed by atoms with Gasteiger partial charge in [0.05, 0.1) is 11.4 Å². The summed E-state index contributed by atoms with van der Waals surface area (Å²) in [5.74, 6) is -0.595. The summed E-state index contributed by atoms with van der Waals surface area (Å²) in [6.07, 6.45) is 1.43. The molecule has 2 heterocycles. The molecule has 0 atom stereocenters. The second kappa shape index (κ2) is 9.14. The summed E-state index contributed by atoms with van der Waals surface area (Å²) in [6.45, 7) is 3.75. The molecule has 0 radical (unpaired) electrons. The lowest BCUT2D eigenvalue weighted by Gasteiger charge is -2.02. The average Bonchev–Trinajstić information content (AvgIpc) is 3.37. The Labute approximate surface area is 193 Å². The minimum atomic E-state index is -0.595. The predicted molar refractivity (Wildman–Crippen MR) is 126 cm³/mol. The predicted octanol–water partition coefficient (Wildman–Crippen LogP) is 5.21. The molecular formula is C23H17ClN6OS. The molecular weight excluding hydrogens is 444 g/mol. The Morgan fingerprint density at radius 1 is 1.12 bits per heavy atom. The molecule has 158 valence electrons. The summed E-state index contributed by atoms with van der Waals surface area (Å²) >= 11 is 7.75. The standard InChI is InChI=1S/C23H17ClN6OS/c1-14-8-6-7-11-18(14)22-27-28-23(32-22)26-21(31)16(13-25)12-19-15(2)29-30(20(19)24)17-9-4-3-5-10-17/h3-12H,1-2H3,(H,26,28,31)/b16-12-. The minimum absolute atomic E-state index is 0.116. The van der Waals surface area contributed by atoms with E-state index in [-0.39, 0.29) is 5.57 Å². The normalized spacial score (nSPS) is 11.2. The Bertz CT molecular complexity index is 1370. The molecule has 0 bridgehead atoms. The van der Waals surface area contributed by atoms with Gasteiger partial charge in [0.1, 0.15) is 21.8 Å². The molecule has 0 spiro atoms. The van der Waals surface area contributed by atoms with Crippen LogP contribution in [0, 0.1) is 25.2 Å². The molecule has 4 rings (SSSR count). The van der Waals surface area contributed by atoms with Crippen molar-refractivity contribution in [1.29, 1.82) is 5.26 Å². The van der Waals surface area contributed by atoms with Crippen LogP contribution in [0.1, 0.15) is 16.8 Å². The highest BCUT2D eigenvalue weighted by Crippen LogP contribution is 2.29. The first-order chi connectivity index (χ1) is 15.5. The molecule has 32 heavy (non-hydrogen) atoms. The zero-order chi connectivity index (χ0) is 22.7. The van der Waals surface area contributed by atoms with Gasteiger partial charge in [0.15, 0.2) is 0 Å². The lowest BCUT2D eigenvalue weighted by Crippen LogP contribution is -2.13. The fraction of sp³-hybridized carbons (Fsp3) is 0.0870. The van der Waals surface area contributed by atoms with E-state index in [2.05, 4.69) is 20.6 Å². The second-order valence-corrected chi connectivity index (χ2v) is 8.22. The van der Waals surface area contributed by atoms with Gasteiger partial charge in [0.25, 0.3) is 5.91 Å². The van der Waals surface area contributed by atoms with Crippen LogP contribution in [0.5, 0.6) is 0 Å². The number of rotatable bonds is 5. The topological polar surface area (TPSA) is 96.5 Å². The van der Waals surface area contributed by atoms with Crippen LogP contribution >= 0.6 is 22.9 Å². The van der Waals surface area contributed by atoms with Crippen LogP contribution in [0.3, 0.4) is 0 Å². The first-order valence-electron chi connectivity index (χ1n) is 9.61. The van der Waals surface area contributed by atoms with E-state index in [0.717, 1.165) is 16.8 Å². The van der Waals surface area contributed by atoms with Crippen LogP contribution in [0.15, 0.2) is 60.2 Å². The van der Waals surface area contributed by atoms with Gasteiger partial charge in [-0.3, -0.25) is 10.1 Å². The number of amides is 1. The van der Waals surface area contributed by atoms with Crippen molar-refractivity contribution in [2.75, 3.05) is 5.32 Å². The Hall–Kier alpha value is -3.80. The van der Waals surface area contributed by atoms with E-state index in [1.807, 2.05) is 67.6 Å². The van der Waals surface area contributed by atoms with Gasteiger partial charge in [-0.2, -0.15) is 10.4 Å². The number of carbonyl (C=O) groups excluding carboxylic acids is 1. The van der Waals surface area contributed by atoms with Crippen LogP contribution in [0.25, 0.3) is 22.3 Å². The third kappa shape index (κ3) is 4.30. The molecule has 0 aliphatic heterocycles. The summed E-state index contributed by atoms with van der Waals surface area (Å²) in [6, 6.07) is 19.1. The molecule has 7 nitrogen and oxygen atoms in total. The third-order valence-corrected chi connectivity index (χ3v) is 5.96. The number of aryl methyl sites for hydroxylation is 2. The van der Waals surface area contributed by atoms with E-state index in [4.69, 9.17) is 11.6 Å². The number of hydrogen-bond acceptors (Lipinski definition) is 6. The average molecular weight is 461 g/mol. The second-order valence-electron chi connectivity index (χ2n) is 6.89. The molecule has 0 fully saturated rings. The van der Waals surface area contributed by atoms with Crippen LogP contribution in [0.4, 0.5) is 5.13 Å². The van der Waals surface area contributed by atoms with Crippen molar-refractivity contribution in [2.24, 2.45) is 0 Å². The maximum atomic E-state index is 12.7. The van der Waals surface area contributed by atoms with Gasteiger partial charge in [-0.1, -0.05) is 65.4 Å². The summed E-state index contributed by atoms with van der Waals surface area (Å²) in [5.41, 5.74) is 3.75. The van der Waals surface area contributed by atoms with Crippen molar-refractivity contribution in [1.82, 2.24) is 20.0 Å². The van der Waals surface area contributed by atoms with Gasteiger partial charge in [0, 0.05) is 11.1 Å². The molecule has 0 saturated carbocycles. The molecule has 0 saturated heterocycles. The molecule has 4 aromatic rings. The van der Waals surface area contributed by atoms with Crippen molar-refractivity contribution in [3.63, 3.8) is 0 Å². The first kappa shape index (κ1) is 21.4. The number of halogens is 1. The molecule has 0 aliphatic carbocycles. The highest BCUT2D eigenvalue weighted by atomic mass is 35.5. The molecule has 2 aromatic carbocycles. The molecule has 0 unspecified atom stereocenters. The van der Waals surface area contributed by atoms with E-state index < -0.39 is 5.91 Å². The summed E-state index contributed by atoms with van der Waals surface area (Å²) < 4.78 is 1.56. The third-order valence-electron chi connectivity index (χ3n) is 4.72. The van der Waals surface area contributed by atoms with Crippen molar-refractivity contribution >= 4 is 40.1 Å². The maximum Gasteiger partial charge on any atom is 0.268 e. The van der Waals surface area contributed by atoms with Gasteiger partial charge in [0.2, 0.25) is 5.13 Å². The van der Waals surface area contributed by atoms with Crippen LogP contribution in [0.2, 0.25) is 5.15 Å². The van der Waals surface area contributed by atoms with Crippen molar-refractivity contribution < 1.29 is 4.79 Å². The Kier molecular flexibility index (Phi) is 6.12. The molecule has 1 amide bonds. The summed E-state index contributed by atoms with van der Waals surface area (Å²) in [5, 5.41) is 26.1. The molecule has 1 N–H and O–H groups in total. The number of hydrogen-bond donors (Lipinski definition) is 1. The number of para-hydroxylation sites is 1. The zero-order valence-corrected chi connectivity index (χ0v) is 18.8. The number of carbonyl (C=O) groups is 1. The lowest BCUT2D eigenvalue weighted by molar-refractivity contribution is -0.112. The number of nitrogens with zero attached hydrogens (tertiary/aromatic N) is 5. The van der Waals surface area contributed by atoms with Gasteiger partial charge < -0.3 is 0 Å². The number of aromatic nitrogens is 4. The summed E-state index contributed by atoms with van der Waals surface area (Å²) in [7, 11) is 0. The number of nitriles is 1. The summed E-state index contributed by atoms with van der Waals surface area (Å²) in [4.78, 5) is 12.7. The van der Waals surface area contributed by atoms with Crippen LogP contribution in [-0.4, -0.2) is 25.9 Å². The van der Waals surface area contributed by atoms with Gasteiger partial charge in [-0.15, -0.1) is 10.2 Å². The van der Waals surface area contributed by atoms with Gasteiger partial charge in [-0.05, 0) is 37.6 Å². The number of benzene rings is 2. The smallest absolute Gasteiger partial charge is 0.268 e. The minimum Gasteiger partial charge on any atom is -0.296 e. The molecule has 0 aliphatic rings. The monoisotopic (exact) mass is 460 g/mol.